The highest BCUT2D eigenvalue weighted by Gasteiger charge is 2.38. The standard InChI is InChI=1S/C8H8F3N3/c1-3-14-5(2)6(4-12)7(13-14)8(9,10)11/h3H2,1-2H3. The maximum Gasteiger partial charge on any atom is 0.436 e. The lowest BCUT2D eigenvalue weighted by molar-refractivity contribution is -0.141. The molecule has 6 heteroatoms. The number of hydrogen-bond donors (Lipinski definition) is 0. The van der Waals surface area contributed by atoms with E-state index < -0.39 is 11.9 Å². The third kappa shape index (κ3) is 1.58. The summed E-state index contributed by atoms with van der Waals surface area (Å²) in [7, 11) is 0. The minimum absolute atomic E-state index is 0.252. The summed E-state index contributed by atoms with van der Waals surface area (Å²) in [5.41, 5.74) is -1.24. The monoisotopic (exact) mass is 203 g/mol. The van der Waals surface area contributed by atoms with Crippen LogP contribution in [0, 0.1) is 18.3 Å². The van der Waals surface area contributed by atoms with E-state index in [2.05, 4.69) is 5.10 Å². The van der Waals surface area contributed by atoms with Crippen LogP contribution in [0.4, 0.5) is 13.2 Å². The van der Waals surface area contributed by atoms with E-state index in [0.29, 0.717) is 6.54 Å². The van der Waals surface area contributed by atoms with Crippen LogP contribution in [0.1, 0.15) is 23.9 Å². The molecule has 0 radical (unpaired) electrons. The van der Waals surface area contributed by atoms with Crippen molar-refractivity contribution in [2.24, 2.45) is 0 Å². The van der Waals surface area contributed by atoms with Crippen LogP contribution in [-0.4, -0.2) is 9.78 Å². The first-order chi connectivity index (χ1) is 6.41. The van der Waals surface area contributed by atoms with Gasteiger partial charge in [-0.1, -0.05) is 0 Å². The topological polar surface area (TPSA) is 41.6 Å². The molecule has 0 N–H and O–H groups in total. The molecule has 0 amide bonds. The van der Waals surface area contributed by atoms with E-state index in [-0.39, 0.29) is 11.3 Å². The molecule has 0 unspecified atom stereocenters. The first-order valence-electron chi connectivity index (χ1n) is 3.96. The fourth-order valence-corrected chi connectivity index (χ4v) is 1.19. The Hall–Kier alpha value is -1.51. The number of aromatic nitrogens is 2. The number of aryl methyl sites for hydroxylation is 1. The van der Waals surface area contributed by atoms with Crippen LogP contribution in [0.5, 0.6) is 0 Å². The Kier molecular flexibility index (Phi) is 2.51. The molecular weight excluding hydrogens is 195 g/mol. The summed E-state index contributed by atoms with van der Waals surface area (Å²) < 4.78 is 38.2. The van der Waals surface area contributed by atoms with E-state index in [1.165, 1.54) is 17.7 Å². The number of hydrogen-bond acceptors (Lipinski definition) is 2. The second kappa shape index (κ2) is 3.33. The zero-order valence-corrected chi connectivity index (χ0v) is 7.68. The van der Waals surface area contributed by atoms with Gasteiger partial charge in [0.15, 0.2) is 5.69 Å². The van der Waals surface area contributed by atoms with Gasteiger partial charge in [-0.15, -0.1) is 0 Å². The quantitative estimate of drug-likeness (QED) is 0.701. The lowest BCUT2D eigenvalue weighted by atomic mass is 10.2. The van der Waals surface area contributed by atoms with Gasteiger partial charge in [0.2, 0.25) is 0 Å². The summed E-state index contributed by atoms with van der Waals surface area (Å²) in [6.45, 7) is 3.43. The van der Waals surface area contributed by atoms with Crippen LogP contribution in [0.25, 0.3) is 0 Å². The van der Waals surface area contributed by atoms with Gasteiger partial charge in [-0.2, -0.15) is 23.5 Å². The number of nitriles is 1. The average molecular weight is 203 g/mol. The molecule has 1 heterocycles. The molecule has 0 saturated carbocycles. The molecule has 1 aromatic heterocycles. The van der Waals surface area contributed by atoms with Crippen LogP contribution in [0.15, 0.2) is 0 Å². The number of rotatable bonds is 1. The number of halogens is 3. The van der Waals surface area contributed by atoms with Crippen molar-refractivity contribution in [3.8, 4) is 6.07 Å². The Bertz CT molecular complexity index is 384. The molecule has 76 valence electrons. The zero-order chi connectivity index (χ0) is 10.9. The third-order valence-electron chi connectivity index (χ3n) is 1.89. The second-order valence-corrected chi connectivity index (χ2v) is 2.73. The van der Waals surface area contributed by atoms with Crippen molar-refractivity contribution in [2.75, 3.05) is 0 Å². The summed E-state index contributed by atoms with van der Waals surface area (Å²) >= 11 is 0. The molecule has 14 heavy (non-hydrogen) atoms. The van der Waals surface area contributed by atoms with Gasteiger partial charge in [-0.3, -0.25) is 4.68 Å². The minimum atomic E-state index is -4.56. The van der Waals surface area contributed by atoms with Crippen molar-refractivity contribution in [3.05, 3.63) is 17.0 Å². The van der Waals surface area contributed by atoms with Crippen molar-refractivity contribution >= 4 is 0 Å². The Morgan fingerprint density at radius 2 is 2.07 bits per heavy atom. The maximum absolute atomic E-state index is 12.3. The molecule has 0 aliphatic heterocycles. The molecule has 0 atom stereocenters. The highest BCUT2D eigenvalue weighted by molar-refractivity contribution is 5.39. The third-order valence-corrected chi connectivity index (χ3v) is 1.89. The molecule has 0 aliphatic carbocycles. The molecule has 1 aromatic rings. The van der Waals surface area contributed by atoms with Crippen molar-refractivity contribution in [1.82, 2.24) is 9.78 Å². The van der Waals surface area contributed by atoms with Gasteiger partial charge in [-0.05, 0) is 13.8 Å². The molecule has 0 fully saturated rings. The van der Waals surface area contributed by atoms with Crippen LogP contribution < -0.4 is 0 Å². The van der Waals surface area contributed by atoms with E-state index in [1.807, 2.05) is 0 Å². The Morgan fingerprint density at radius 3 is 2.36 bits per heavy atom. The molecule has 0 saturated heterocycles. The van der Waals surface area contributed by atoms with Crippen LogP contribution in [0.2, 0.25) is 0 Å². The van der Waals surface area contributed by atoms with Crippen LogP contribution in [-0.2, 0) is 12.7 Å². The molecule has 0 aliphatic rings. The SMILES string of the molecule is CCn1nc(C(F)(F)F)c(C#N)c1C. The van der Waals surface area contributed by atoms with Crippen molar-refractivity contribution < 1.29 is 13.2 Å². The summed E-state index contributed by atoms with van der Waals surface area (Å²) in [5.74, 6) is 0. The Labute approximate surface area is 78.8 Å². The molecule has 0 aromatic carbocycles. The molecule has 0 bridgehead atoms. The van der Waals surface area contributed by atoms with E-state index in [4.69, 9.17) is 5.26 Å². The summed E-state index contributed by atoms with van der Waals surface area (Å²) in [4.78, 5) is 0. The van der Waals surface area contributed by atoms with Crippen LogP contribution in [0.3, 0.4) is 0 Å². The predicted octanol–water partition coefficient (Wildman–Crippen LogP) is 2.10. The maximum atomic E-state index is 12.3. The number of alkyl halides is 3. The highest BCUT2D eigenvalue weighted by atomic mass is 19.4. The van der Waals surface area contributed by atoms with Crippen molar-refractivity contribution in [1.29, 1.82) is 5.26 Å². The molecule has 3 nitrogen and oxygen atoms in total. The number of nitrogens with zero attached hydrogens (tertiary/aromatic N) is 3. The fourth-order valence-electron chi connectivity index (χ4n) is 1.19. The normalized spacial score (nSPS) is 11.4. The zero-order valence-electron chi connectivity index (χ0n) is 7.68. The van der Waals surface area contributed by atoms with E-state index in [9.17, 15) is 13.2 Å². The molecule has 1 rings (SSSR count). The van der Waals surface area contributed by atoms with Gasteiger partial charge in [0.25, 0.3) is 0 Å². The van der Waals surface area contributed by atoms with Gasteiger partial charge >= 0.3 is 6.18 Å². The summed E-state index contributed by atoms with van der Waals surface area (Å²) in [6.07, 6.45) is -4.56. The summed E-state index contributed by atoms with van der Waals surface area (Å²) in [5, 5.41) is 11.9. The van der Waals surface area contributed by atoms with E-state index >= 15 is 0 Å². The van der Waals surface area contributed by atoms with Gasteiger partial charge in [0.1, 0.15) is 11.6 Å². The lowest BCUT2D eigenvalue weighted by Crippen LogP contribution is -2.08. The lowest BCUT2D eigenvalue weighted by Gasteiger charge is -2.01. The van der Waals surface area contributed by atoms with E-state index in [1.54, 1.807) is 6.92 Å². The second-order valence-electron chi connectivity index (χ2n) is 2.73. The van der Waals surface area contributed by atoms with Crippen LogP contribution >= 0.6 is 0 Å². The molecule has 0 spiro atoms. The van der Waals surface area contributed by atoms with Gasteiger partial charge in [0, 0.05) is 6.54 Å². The largest absolute Gasteiger partial charge is 0.436 e. The van der Waals surface area contributed by atoms with Gasteiger partial charge in [-0.25, -0.2) is 0 Å². The average Bonchev–Trinajstić information content (AvgIpc) is 2.41. The first kappa shape index (κ1) is 10.6. The highest BCUT2D eigenvalue weighted by Crippen LogP contribution is 2.31. The van der Waals surface area contributed by atoms with E-state index in [0.717, 1.165) is 0 Å². The van der Waals surface area contributed by atoms with Gasteiger partial charge < -0.3 is 0 Å². The smallest absolute Gasteiger partial charge is 0.268 e. The molecular formula is C8H8F3N3. The first-order valence-corrected chi connectivity index (χ1v) is 3.96. The minimum Gasteiger partial charge on any atom is -0.268 e. The Balaban J connectivity index is 3.39. The summed E-state index contributed by atoms with van der Waals surface area (Å²) in [6, 6.07) is 1.52. The van der Waals surface area contributed by atoms with Gasteiger partial charge in [0.05, 0.1) is 5.69 Å². The fraction of sp³-hybridized carbons (Fsp3) is 0.500. The predicted molar refractivity (Wildman–Crippen MR) is 42.4 cm³/mol. The van der Waals surface area contributed by atoms with Crippen molar-refractivity contribution in [2.45, 2.75) is 26.6 Å². The Morgan fingerprint density at radius 1 is 1.50 bits per heavy atom. The van der Waals surface area contributed by atoms with Crippen molar-refractivity contribution in [3.63, 3.8) is 0 Å².